The summed E-state index contributed by atoms with van der Waals surface area (Å²) in [5.41, 5.74) is 3.64. The highest BCUT2D eigenvalue weighted by Gasteiger charge is 2.41. The topological polar surface area (TPSA) is 113 Å². The van der Waals surface area contributed by atoms with E-state index in [0.29, 0.717) is 0 Å². The molecule has 0 aliphatic heterocycles. The van der Waals surface area contributed by atoms with Gasteiger partial charge in [-0.25, -0.2) is 0 Å². The van der Waals surface area contributed by atoms with Crippen LogP contribution >= 0.6 is 34.8 Å². The van der Waals surface area contributed by atoms with E-state index < -0.39 is 9.39 Å². The number of rotatable bonds is 1. The minimum Gasteiger partial charge on any atom is -0.412 e. The molecule has 8 N–H and O–H groups in total. The summed E-state index contributed by atoms with van der Waals surface area (Å²) in [5, 5.41) is 9.14. The van der Waals surface area contributed by atoms with E-state index in [1.54, 1.807) is 0 Å². The Morgan fingerprint density at radius 1 is 1.36 bits per heavy atom. The number of aliphatic hydroxyl groups is 1. The van der Waals surface area contributed by atoms with E-state index in [4.69, 9.17) is 45.6 Å². The predicted octanol–water partition coefficient (Wildman–Crippen LogP) is 0.404. The zero-order valence-electron chi connectivity index (χ0n) is 6.07. The molecular formula is C4H13Cl3N2O2. The van der Waals surface area contributed by atoms with Gasteiger partial charge in [0.25, 0.3) is 0 Å². The fourth-order valence-electron chi connectivity index (χ4n) is 0.116. The zero-order valence-corrected chi connectivity index (χ0v) is 8.34. The molecular weight excluding hydrogens is 214 g/mol. The van der Waals surface area contributed by atoms with Crippen LogP contribution in [0.1, 0.15) is 6.92 Å². The van der Waals surface area contributed by atoms with Crippen LogP contribution in [0.3, 0.4) is 0 Å². The fraction of sp³-hybridized carbons (Fsp3) is 1.00. The second kappa shape index (κ2) is 5.37. The molecule has 72 valence electrons. The van der Waals surface area contributed by atoms with Gasteiger partial charge < -0.3 is 22.5 Å². The van der Waals surface area contributed by atoms with Crippen LogP contribution < -0.4 is 11.9 Å². The molecule has 0 amide bonds. The molecule has 7 heteroatoms. The van der Waals surface area contributed by atoms with Crippen LogP contribution in [-0.4, -0.2) is 26.5 Å². The summed E-state index contributed by atoms with van der Waals surface area (Å²) in [7, 11) is 0. The van der Waals surface area contributed by atoms with Gasteiger partial charge in [0.1, 0.15) is 5.60 Å². The normalized spacial score (nSPS) is 15.8. The molecule has 0 heterocycles. The molecule has 0 aromatic rings. The Kier molecular flexibility index (Phi) is 8.65. The van der Waals surface area contributed by atoms with Gasteiger partial charge >= 0.3 is 0 Å². The van der Waals surface area contributed by atoms with E-state index in [1.165, 1.54) is 6.92 Å². The number of halogens is 3. The number of nitrogens with two attached hydrogens (primary N) is 1. The first-order valence-corrected chi connectivity index (χ1v) is 3.44. The zero-order chi connectivity index (χ0) is 7.71. The van der Waals surface area contributed by atoms with Crippen molar-refractivity contribution in [2.75, 3.05) is 6.54 Å². The van der Waals surface area contributed by atoms with Gasteiger partial charge in [0, 0.05) is 6.54 Å². The molecule has 0 bridgehead atoms. The van der Waals surface area contributed by atoms with E-state index in [2.05, 4.69) is 0 Å². The van der Waals surface area contributed by atoms with E-state index >= 15 is 0 Å². The van der Waals surface area contributed by atoms with E-state index in [1.807, 2.05) is 0 Å². The molecule has 1 atom stereocenters. The van der Waals surface area contributed by atoms with Crippen LogP contribution in [0.25, 0.3) is 0 Å². The number of hydrogen-bond acceptors (Lipinski definition) is 3. The van der Waals surface area contributed by atoms with Crippen LogP contribution in [0.15, 0.2) is 0 Å². The lowest BCUT2D eigenvalue weighted by atomic mass is 10.1. The molecule has 0 fully saturated rings. The minimum atomic E-state index is -1.71. The first-order valence-electron chi connectivity index (χ1n) is 2.30. The van der Waals surface area contributed by atoms with Crippen LogP contribution in [0.5, 0.6) is 0 Å². The average molecular weight is 228 g/mol. The summed E-state index contributed by atoms with van der Waals surface area (Å²) in [6.07, 6.45) is 0. The van der Waals surface area contributed by atoms with Gasteiger partial charge in [-0.1, -0.05) is 34.8 Å². The van der Waals surface area contributed by atoms with Crippen LogP contribution in [-0.2, 0) is 0 Å². The van der Waals surface area contributed by atoms with Crippen molar-refractivity contribution in [3.8, 4) is 0 Å². The molecule has 4 nitrogen and oxygen atoms in total. The quantitative estimate of drug-likeness (QED) is 0.564. The molecule has 11 heavy (non-hydrogen) atoms. The molecule has 0 spiro atoms. The molecule has 0 saturated heterocycles. The third-order valence-corrected chi connectivity index (χ3v) is 2.23. The molecule has 0 radical (unpaired) electrons. The maximum atomic E-state index is 9.14. The third kappa shape index (κ3) is 5.03. The molecule has 0 aromatic carbocycles. The molecule has 0 rings (SSSR count). The monoisotopic (exact) mass is 226 g/mol. The summed E-state index contributed by atoms with van der Waals surface area (Å²) >= 11 is 16.0. The predicted molar refractivity (Wildman–Crippen MR) is 48.6 cm³/mol. The second-order valence-corrected chi connectivity index (χ2v) is 4.26. The largest absolute Gasteiger partial charge is 0.412 e. The molecule has 1 unspecified atom stereocenters. The van der Waals surface area contributed by atoms with Crippen molar-refractivity contribution in [1.29, 1.82) is 0 Å². The number of hydrogen-bond donors (Lipinski definition) is 3. The van der Waals surface area contributed by atoms with Crippen LogP contribution in [0, 0.1) is 0 Å². The van der Waals surface area contributed by atoms with Crippen molar-refractivity contribution in [3.63, 3.8) is 0 Å². The van der Waals surface area contributed by atoms with Crippen molar-refractivity contribution >= 4 is 34.8 Å². The summed E-state index contributed by atoms with van der Waals surface area (Å²) in [5.74, 6) is 0. The Morgan fingerprint density at radius 3 is 1.64 bits per heavy atom. The number of alkyl halides is 3. The second-order valence-electron chi connectivity index (χ2n) is 1.98. The summed E-state index contributed by atoms with van der Waals surface area (Å²) < 4.78 is -1.71. The minimum absolute atomic E-state index is 0. The van der Waals surface area contributed by atoms with Crippen molar-refractivity contribution in [2.24, 2.45) is 5.73 Å². The summed E-state index contributed by atoms with van der Waals surface area (Å²) in [6, 6.07) is 0. The maximum absolute atomic E-state index is 9.14. The Bertz CT molecular complexity index is 104. The highest BCUT2D eigenvalue weighted by atomic mass is 35.6. The van der Waals surface area contributed by atoms with Gasteiger partial charge in [0.2, 0.25) is 3.79 Å². The lowest BCUT2D eigenvalue weighted by Gasteiger charge is -2.28. The molecule has 0 aliphatic rings. The third-order valence-electron chi connectivity index (χ3n) is 1.01. The SMILES string of the molecule is CC(O)(CN)C(Cl)(Cl)Cl.N.O. The fourth-order valence-corrected chi connectivity index (χ4v) is 0.347. The van der Waals surface area contributed by atoms with Gasteiger partial charge in [-0.3, -0.25) is 0 Å². The highest BCUT2D eigenvalue weighted by molar-refractivity contribution is 6.68. The van der Waals surface area contributed by atoms with Gasteiger partial charge in [-0.15, -0.1) is 0 Å². The Labute approximate surface area is 80.5 Å². The van der Waals surface area contributed by atoms with Gasteiger partial charge in [0.15, 0.2) is 0 Å². The van der Waals surface area contributed by atoms with Crippen LogP contribution in [0.2, 0.25) is 0 Å². The Balaban J connectivity index is -0.000000320. The van der Waals surface area contributed by atoms with Gasteiger partial charge in [-0.05, 0) is 6.92 Å². The Hall–Kier alpha value is 0.710. The molecule has 0 aliphatic carbocycles. The molecule has 0 saturated carbocycles. The van der Waals surface area contributed by atoms with E-state index in [9.17, 15) is 0 Å². The summed E-state index contributed by atoms with van der Waals surface area (Å²) in [4.78, 5) is 0. The van der Waals surface area contributed by atoms with Crippen molar-refractivity contribution in [3.05, 3.63) is 0 Å². The lowest BCUT2D eigenvalue weighted by molar-refractivity contribution is 0.0733. The highest BCUT2D eigenvalue weighted by Crippen LogP contribution is 2.36. The van der Waals surface area contributed by atoms with Crippen LogP contribution in [0.4, 0.5) is 0 Å². The Morgan fingerprint density at radius 2 is 1.64 bits per heavy atom. The van der Waals surface area contributed by atoms with Gasteiger partial charge in [-0.2, -0.15) is 0 Å². The first kappa shape index (κ1) is 17.7. The van der Waals surface area contributed by atoms with E-state index in [-0.39, 0.29) is 18.2 Å². The van der Waals surface area contributed by atoms with Crippen molar-refractivity contribution in [2.45, 2.75) is 16.3 Å². The van der Waals surface area contributed by atoms with Crippen molar-refractivity contribution < 1.29 is 10.6 Å². The standard InChI is InChI=1S/C4H8Cl3NO.H3N.H2O/c1-3(9,2-8)4(5,6)7;;/h9H,2,8H2,1H3;1H3;1H2. The molecule has 0 aromatic heterocycles. The lowest BCUT2D eigenvalue weighted by Crippen LogP contribution is -2.46. The maximum Gasteiger partial charge on any atom is 0.219 e. The summed E-state index contributed by atoms with van der Waals surface area (Å²) in [6.45, 7) is 1.28. The average Bonchev–Trinajstić information content (AvgIpc) is 1.64. The van der Waals surface area contributed by atoms with Gasteiger partial charge in [0.05, 0.1) is 0 Å². The smallest absolute Gasteiger partial charge is 0.219 e. The first-order chi connectivity index (χ1) is 3.81. The van der Waals surface area contributed by atoms with Crippen molar-refractivity contribution in [1.82, 2.24) is 6.15 Å². The van der Waals surface area contributed by atoms with E-state index in [0.717, 1.165) is 0 Å².